The molecule has 0 aliphatic rings. The van der Waals surface area contributed by atoms with E-state index in [0.29, 0.717) is 0 Å². The molecule has 0 spiro atoms. The van der Waals surface area contributed by atoms with Crippen LogP contribution in [0, 0.1) is 6.92 Å². The number of hydrogen-bond acceptors (Lipinski definition) is 7. The molecule has 2 aromatic rings. The van der Waals surface area contributed by atoms with Crippen LogP contribution in [0.1, 0.15) is 22.6 Å². The second-order valence-corrected chi connectivity index (χ2v) is 7.52. The Morgan fingerprint density at radius 2 is 1.96 bits per heavy atom. The number of carbonyl (C=O) groups excluding carboxylic acids is 2. The largest absolute Gasteiger partial charge is 0.467 e. The lowest BCUT2D eigenvalue weighted by molar-refractivity contribution is -0.145. The van der Waals surface area contributed by atoms with E-state index >= 15 is 0 Å². The molecule has 0 amide bonds. The SMILES string of the molecule is C=CC(N)(CC(=O)c1nccn1S(=O)(=O)c1ccc(C)cc1)C(=O)OC. The normalized spacial score (nSPS) is 13.7. The van der Waals surface area contributed by atoms with Crippen molar-refractivity contribution in [2.75, 3.05) is 7.11 Å². The van der Waals surface area contributed by atoms with Crippen LogP contribution >= 0.6 is 0 Å². The first-order valence-electron chi connectivity index (χ1n) is 7.55. The maximum atomic E-state index is 12.8. The predicted octanol–water partition coefficient (Wildman–Crippen LogP) is 1.06. The summed E-state index contributed by atoms with van der Waals surface area (Å²) in [5.41, 5.74) is 4.96. The number of rotatable bonds is 7. The van der Waals surface area contributed by atoms with Crippen LogP contribution in [0.2, 0.25) is 0 Å². The van der Waals surface area contributed by atoms with E-state index in [9.17, 15) is 18.0 Å². The third-order valence-electron chi connectivity index (χ3n) is 3.82. The van der Waals surface area contributed by atoms with Gasteiger partial charge in [-0.25, -0.2) is 22.2 Å². The molecular formula is C17H19N3O5S. The highest BCUT2D eigenvalue weighted by Gasteiger charge is 2.36. The third-order valence-corrected chi connectivity index (χ3v) is 5.50. The van der Waals surface area contributed by atoms with Gasteiger partial charge in [-0.3, -0.25) is 4.79 Å². The Hall–Kier alpha value is -2.78. The zero-order chi connectivity index (χ0) is 19.5. The standard InChI is InChI=1S/C17H19N3O5S/c1-4-17(18,16(22)25-3)11-14(21)15-19-9-10-20(15)26(23,24)13-7-5-12(2)6-8-13/h4-10H,1,11,18H2,2-3H3. The molecule has 1 atom stereocenters. The first-order chi connectivity index (χ1) is 12.2. The first kappa shape index (κ1) is 19.5. The lowest BCUT2D eigenvalue weighted by Gasteiger charge is -2.21. The molecule has 0 fully saturated rings. The van der Waals surface area contributed by atoms with Gasteiger partial charge in [0.25, 0.3) is 10.0 Å². The summed E-state index contributed by atoms with van der Waals surface area (Å²) >= 11 is 0. The molecule has 0 bridgehead atoms. The molecule has 0 saturated heterocycles. The molecule has 2 rings (SSSR count). The Morgan fingerprint density at radius 1 is 1.35 bits per heavy atom. The van der Waals surface area contributed by atoms with Crippen molar-refractivity contribution in [1.29, 1.82) is 0 Å². The van der Waals surface area contributed by atoms with Gasteiger partial charge in [0.2, 0.25) is 5.78 Å². The molecule has 0 radical (unpaired) electrons. The first-order valence-corrected chi connectivity index (χ1v) is 8.99. The maximum Gasteiger partial charge on any atom is 0.330 e. The van der Waals surface area contributed by atoms with E-state index in [2.05, 4.69) is 16.3 Å². The van der Waals surface area contributed by atoms with Crippen molar-refractivity contribution in [1.82, 2.24) is 8.96 Å². The number of imidazole rings is 1. The predicted molar refractivity (Wildman–Crippen MR) is 94.1 cm³/mol. The van der Waals surface area contributed by atoms with Crippen molar-refractivity contribution >= 4 is 21.8 Å². The Balaban J connectivity index is 2.41. The molecule has 0 aliphatic carbocycles. The zero-order valence-corrected chi connectivity index (χ0v) is 15.2. The van der Waals surface area contributed by atoms with E-state index in [1.165, 1.54) is 18.3 Å². The number of carbonyl (C=O) groups is 2. The molecule has 26 heavy (non-hydrogen) atoms. The molecular weight excluding hydrogens is 358 g/mol. The number of nitrogens with zero attached hydrogens (tertiary/aromatic N) is 2. The van der Waals surface area contributed by atoms with Gasteiger partial charge in [0, 0.05) is 18.8 Å². The lowest BCUT2D eigenvalue weighted by Crippen LogP contribution is -2.48. The second kappa shape index (κ2) is 7.22. The number of ether oxygens (including phenoxy) is 1. The topological polar surface area (TPSA) is 121 Å². The van der Waals surface area contributed by atoms with Crippen LogP contribution in [0.5, 0.6) is 0 Å². The fourth-order valence-electron chi connectivity index (χ4n) is 2.27. The number of aromatic nitrogens is 2. The van der Waals surface area contributed by atoms with Gasteiger partial charge in [-0.2, -0.15) is 0 Å². The highest BCUT2D eigenvalue weighted by Crippen LogP contribution is 2.19. The number of Topliss-reactive ketones (excluding diaryl/α,β-unsaturated/α-hetero) is 1. The van der Waals surface area contributed by atoms with Gasteiger partial charge in [0.15, 0.2) is 5.82 Å². The average molecular weight is 377 g/mol. The Kier molecular flexibility index (Phi) is 5.43. The molecule has 138 valence electrons. The van der Waals surface area contributed by atoms with Gasteiger partial charge in [-0.05, 0) is 19.1 Å². The van der Waals surface area contributed by atoms with Gasteiger partial charge in [-0.15, -0.1) is 6.58 Å². The van der Waals surface area contributed by atoms with Gasteiger partial charge in [0.1, 0.15) is 5.54 Å². The van der Waals surface area contributed by atoms with Gasteiger partial charge in [0.05, 0.1) is 12.0 Å². The van der Waals surface area contributed by atoms with Gasteiger partial charge in [-0.1, -0.05) is 23.8 Å². The highest BCUT2D eigenvalue weighted by molar-refractivity contribution is 7.90. The fraction of sp³-hybridized carbons (Fsp3) is 0.235. The van der Waals surface area contributed by atoms with Gasteiger partial charge >= 0.3 is 5.97 Å². The minimum atomic E-state index is -4.03. The van der Waals surface area contributed by atoms with Crippen LogP contribution in [-0.4, -0.2) is 41.8 Å². The number of esters is 1. The molecule has 2 N–H and O–H groups in total. The Bertz CT molecular complexity index is 947. The number of methoxy groups -OCH3 is 1. The van der Waals surface area contributed by atoms with E-state index in [0.717, 1.165) is 28.9 Å². The number of nitrogens with two attached hydrogens (primary N) is 1. The Morgan fingerprint density at radius 3 is 2.50 bits per heavy atom. The van der Waals surface area contributed by atoms with Crippen molar-refractivity contribution in [3.05, 3.63) is 60.7 Å². The summed E-state index contributed by atoms with van der Waals surface area (Å²) in [5.74, 6) is -1.95. The van der Waals surface area contributed by atoms with Crippen LogP contribution in [0.15, 0.2) is 54.2 Å². The fourth-order valence-corrected chi connectivity index (χ4v) is 3.57. The Labute approximate surface area is 151 Å². The van der Waals surface area contributed by atoms with E-state index in [1.54, 1.807) is 12.1 Å². The molecule has 1 aromatic carbocycles. The summed E-state index contributed by atoms with van der Waals surface area (Å²) in [7, 11) is -2.90. The van der Waals surface area contributed by atoms with Crippen molar-refractivity contribution < 1.29 is 22.7 Å². The smallest absolute Gasteiger partial charge is 0.330 e. The molecule has 0 aliphatic heterocycles. The van der Waals surface area contributed by atoms with Crippen molar-refractivity contribution in [2.45, 2.75) is 23.8 Å². The zero-order valence-electron chi connectivity index (χ0n) is 14.4. The minimum absolute atomic E-state index is 0.00542. The lowest BCUT2D eigenvalue weighted by atomic mass is 9.94. The van der Waals surface area contributed by atoms with E-state index < -0.39 is 33.7 Å². The van der Waals surface area contributed by atoms with Gasteiger partial charge < -0.3 is 10.5 Å². The van der Waals surface area contributed by atoms with Crippen molar-refractivity contribution in [2.24, 2.45) is 5.73 Å². The molecule has 9 heteroatoms. The van der Waals surface area contributed by atoms with Crippen molar-refractivity contribution in [3.63, 3.8) is 0 Å². The summed E-state index contributed by atoms with van der Waals surface area (Å²) < 4.78 is 30.9. The minimum Gasteiger partial charge on any atom is -0.467 e. The van der Waals surface area contributed by atoms with Crippen LogP contribution in [0.3, 0.4) is 0 Å². The number of aryl methyl sites for hydroxylation is 1. The summed E-state index contributed by atoms with van der Waals surface area (Å²) in [6, 6.07) is 6.16. The molecule has 1 aromatic heterocycles. The average Bonchev–Trinajstić information content (AvgIpc) is 3.12. The molecule has 1 heterocycles. The highest BCUT2D eigenvalue weighted by atomic mass is 32.2. The summed E-state index contributed by atoms with van der Waals surface area (Å²) in [6.07, 6.45) is 2.89. The van der Waals surface area contributed by atoms with Crippen LogP contribution < -0.4 is 5.73 Å². The molecule has 0 saturated carbocycles. The van der Waals surface area contributed by atoms with Crippen LogP contribution in [-0.2, 0) is 19.6 Å². The maximum absolute atomic E-state index is 12.8. The summed E-state index contributed by atoms with van der Waals surface area (Å²) in [4.78, 5) is 28.2. The third kappa shape index (κ3) is 3.58. The monoisotopic (exact) mass is 377 g/mol. The van der Waals surface area contributed by atoms with Crippen molar-refractivity contribution in [3.8, 4) is 0 Å². The quantitative estimate of drug-likeness (QED) is 0.435. The molecule has 1 unspecified atom stereocenters. The summed E-state index contributed by atoms with van der Waals surface area (Å²) in [5, 5.41) is 0. The number of ketones is 1. The summed E-state index contributed by atoms with van der Waals surface area (Å²) in [6.45, 7) is 5.26. The van der Waals surface area contributed by atoms with Crippen LogP contribution in [0.25, 0.3) is 0 Å². The van der Waals surface area contributed by atoms with Crippen LogP contribution in [0.4, 0.5) is 0 Å². The molecule has 8 nitrogen and oxygen atoms in total. The van der Waals surface area contributed by atoms with E-state index in [1.807, 2.05) is 6.92 Å². The second-order valence-electron chi connectivity index (χ2n) is 5.70. The van der Waals surface area contributed by atoms with E-state index in [-0.39, 0.29) is 10.7 Å². The number of benzene rings is 1. The van der Waals surface area contributed by atoms with E-state index in [4.69, 9.17) is 5.73 Å². The number of hydrogen-bond donors (Lipinski definition) is 1.